The fourth-order valence-electron chi connectivity index (χ4n) is 8.27. The van der Waals surface area contributed by atoms with Gasteiger partial charge in [0, 0.05) is 33.4 Å². The zero-order valence-corrected chi connectivity index (χ0v) is 29.8. The maximum absolute atomic E-state index is 6.69. The molecule has 0 aliphatic heterocycles. The SMILES string of the molecule is c1ccc(-c2nc3ccc4cccc(N(c5ccc(-c6cccc7ccccc67)cc5)c5ccc6c7ccccc7n(-c7ccccc7)c6c5)c4c3o2)cc1. The van der Waals surface area contributed by atoms with E-state index in [9.17, 15) is 0 Å². The smallest absolute Gasteiger partial charge is 0.227 e. The van der Waals surface area contributed by atoms with Crippen molar-refractivity contribution in [3.8, 4) is 28.3 Å². The highest BCUT2D eigenvalue weighted by Gasteiger charge is 2.22. The Morgan fingerprint density at radius 3 is 1.98 bits per heavy atom. The lowest BCUT2D eigenvalue weighted by molar-refractivity contribution is 0.623. The molecule has 0 unspecified atom stereocenters. The van der Waals surface area contributed by atoms with Gasteiger partial charge in [0.15, 0.2) is 5.58 Å². The molecule has 2 heterocycles. The van der Waals surface area contributed by atoms with Crippen molar-refractivity contribution in [1.82, 2.24) is 9.55 Å². The van der Waals surface area contributed by atoms with E-state index in [-0.39, 0.29) is 0 Å². The molecular formula is C51H33N3O. The molecule has 0 aliphatic carbocycles. The van der Waals surface area contributed by atoms with E-state index in [2.05, 4.69) is 179 Å². The summed E-state index contributed by atoms with van der Waals surface area (Å²) < 4.78 is 9.07. The number of hydrogen-bond acceptors (Lipinski definition) is 3. The van der Waals surface area contributed by atoms with Gasteiger partial charge in [0.25, 0.3) is 0 Å². The Labute approximate surface area is 317 Å². The zero-order valence-electron chi connectivity index (χ0n) is 29.8. The molecule has 0 fully saturated rings. The minimum absolute atomic E-state index is 0.609. The molecule has 0 N–H and O–H groups in total. The van der Waals surface area contributed by atoms with Crippen molar-refractivity contribution in [1.29, 1.82) is 0 Å². The first kappa shape index (κ1) is 31.1. The predicted molar refractivity (Wildman–Crippen MR) is 229 cm³/mol. The topological polar surface area (TPSA) is 34.2 Å². The van der Waals surface area contributed by atoms with E-state index in [4.69, 9.17) is 9.40 Å². The second kappa shape index (κ2) is 12.6. The van der Waals surface area contributed by atoms with E-state index in [1.165, 1.54) is 38.2 Å². The summed E-state index contributed by atoms with van der Waals surface area (Å²) in [5.74, 6) is 0.609. The van der Waals surface area contributed by atoms with Crippen LogP contribution in [0.15, 0.2) is 205 Å². The Balaban J connectivity index is 1.17. The van der Waals surface area contributed by atoms with Gasteiger partial charge in [-0.1, -0.05) is 133 Å². The summed E-state index contributed by atoms with van der Waals surface area (Å²) in [4.78, 5) is 7.34. The van der Waals surface area contributed by atoms with Gasteiger partial charge in [-0.3, -0.25) is 0 Å². The molecule has 2 aromatic heterocycles. The van der Waals surface area contributed by atoms with Crippen molar-refractivity contribution in [2.24, 2.45) is 0 Å². The monoisotopic (exact) mass is 703 g/mol. The number of rotatable bonds is 6. The van der Waals surface area contributed by atoms with Crippen molar-refractivity contribution in [2.75, 3.05) is 4.90 Å². The molecule has 0 radical (unpaired) electrons. The van der Waals surface area contributed by atoms with Gasteiger partial charge in [-0.15, -0.1) is 0 Å². The summed E-state index contributed by atoms with van der Waals surface area (Å²) in [7, 11) is 0. The largest absolute Gasteiger partial charge is 0.435 e. The molecule has 0 atom stereocenters. The van der Waals surface area contributed by atoms with Gasteiger partial charge in [-0.2, -0.15) is 0 Å². The number of fused-ring (bicyclic) bond motifs is 7. The van der Waals surface area contributed by atoms with E-state index < -0.39 is 0 Å². The number of nitrogens with zero attached hydrogens (tertiary/aromatic N) is 3. The molecule has 0 aliphatic rings. The lowest BCUT2D eigenvalue weighted by Gasteiger charge is -2.27. The van der Waals surface area contributed by atoms with Gasteiger partial charge < -0.3 is 13.9 Å². The summed E-state index contributed by atoms with van der Waals surface area (Å²) in [5, 5.41) is 6.99. The third kappa shape index (κ3) is 5.11. The Hall–Kier alpha value is -7.43. The van der Waals surface area contributed by atoms with Crippen LogP contribution in [0.2, 0.25) is 0 Å². The first-order chi connectivity index (χ1) is 27.3. The van der Waals surface area contributed by atoms with Gasteiger partial charge in [0.1, 0.15) is 5.52 Å². The second-order valence-electron chi connectivity index (χ2n) is 14.0. The lowest BCUT2D eigenvalue weighted by Crippen LogP contribution is -2.10. The number of benzene rings is 9. The van der Waals surface area contributed by atoms with Crippen LogP contribution < -0.4 is 4.90 Å². The molecular weight excluding hydrogens is 671 g/mol. The van der Waals surface area contributed by atoms with Crippen molar-refractivity contribution in [2.45, 2.75) is 0 Å². The first-order valence-electron chi connectivity index (χ1n) is 18.6. The van der Waals surface area contributed by atoms with Crippen molar-refractivity contribution >= 4 is 71.5 Å². The number of oxazole rings is 1. The summed E-state index contributed by atoms with van der Waals surface area (Å²) in [6, 6.07) is 71.0. The van der Waals surface area contributed by atoms with Gasteiger partial charge in [-0.05, 0) is 94.0 Å². The highest BCUT2D eigenvalue weighted by molar-refractivity contribution is 6.14. The van der Waals surface area contributed by atoms with E-state index >= 15 is 0 Å². The second-order valence-corrected chi connectivity index (χ2v) is 14.0. The van der Waals surface area contributed by atoms with Crippen LogP contribution in [0.5, 0.6) is 0 Å². The Morgan fingerprint density at radius 1 is 0.455 bits per heavy atom. The molecule has 4 nitrogen and oxygen atoms in total. The van der Waals surface area contributed by atoms with Crippen molar-refractivity contribution in [3.05, 3.63) is 200 Å². The van der Waals surface area contributed by atoms with Gasteiger partial charge in [0.05, 0.1) is 22.1 Å². The Bertz CT molecular complexity index is 3190. The molecule has 0 saturated carbocycles. The average Bonchev–Trinajstić information content (AvgIpc) is 3.84. The normalized spacial score (nSPS) is 11.6. The molecule has 0 saturated heterocycles. The Kier molecular flexibility index (Phi) is 7.14. The van der Waals surface area contributed by atoms with Crippen LogP contribution in [0.25, 0.3) is 82.7 Å². The molecule has 0 bridgehead atoms. The van der Waals surface area contributed by atoms with Crippen LogP contribution in [-0.2, 0) is 0 Å². The van der Waals surface area contributed by atoms with E-state index in [0.29, 0.717) is 5.89 Å². The zero-order chi connectivity index (χ0) is 36.3. The maximum atomic E-state index is 6.69. The third-order valence-electron chi connectivity index (χ3n) is 10.8. The third-order valence-corrected chi connectivity index (χ3v) is 10.8. The number of anilines is 3. The van der Waals surface area contributed by atoms with Crippen LogP contribution in [-0.4, -0.2) is 9.55 Å². The summed E-state index contributed by atoms with van der Waals surface area (Å²) in [5.41, 5.74) is 11.5. The molecule has 0 spiro atoms. The fourth-order valence-corrected chi connectivity index (χ4v) is 8.27. The van der Waals surface area contributed by atoms with Crippen LogP contribution in [0.1, 0.15) is 0 Å². The quantitative estimate of drug-likeness (QED) is 0.173. The predicted octanol–water partition coefficient (Wildman–Crippen LogP) is 14.0. The van der Waals surface area contributed by atoms with Gasteiger partial charge >= 0.3 is 0 Å². The van der Waals surface area contributed by atoms with Crippen LogP contribution in [0.3, 0.4) is 0 Å². The molecule has 258 valence electrons. The molecule has 9 aromatic carbocycles. The highest BCUT2D eigenvalue weighted by atomic mass is 16.3. The fraction of sp³-hybridized carbons (Fsp3) is 0. The summed E-state index contributed by atoms with van der Waals surface area (Å²) >= 11 is 0. The van der Waals surface area contributed by atoms with Crippen molar-refractivity contribution in [3.63, 3.8) is 0 Å². The molecule has 11 rings (SSSR count). The van der Waals surface area contributed by atoms with Gasteiger partial charge in [-0.25, -0.2) is 4.98 Å². The van der Waals surface area contributed by atoms with E-state index in [1.54, 1.807) is 0 Å². The minimum atomic E-state index is 0.609. The number of hydrogen-bond donors (Lipinski definition) is 0. The molecule has 0 amide bonds. The van der Waals surface area contributed by atoms with E-state index in [0.717, 1.165) is 55.7 Å². The maximum Gasteiger partial charge on any atom is 0.227 e. The first-order valence-corrected chi connectivity index (χ1v) is 18.6. The Morgan fingerprint density at radius 2 is 1.13 bits per heavy atom. The lowest BCUT2D eigenvalue weighted by atomic mass is 9.98. The minimum Gasteiger partial charge on any atom is -0.435 e. The molecule has 4 heteroatoms. The molecule has 55 heavy (non-hydrogen) atoms. The van der Waals surface area contributed by atoms with Crippen LogP contribution in [0.4, 0.5) is 17.1 Å². The van der Waals surface area contributed by atoms with Crippen molar-refractivity contribution < 1.29 is 4.42 Å². The number of aromatic nitrogens is 2. The van der Waals surface area contributed by atoms with Crippen LogP contribution in [0, 0.1) is 0 Å². The standard InChI is InChI=1S/C51H33N3O/c1-3-14-37(15-4-1)51-52-45-32-27-36-17-12-24-47(49(36)50(45)55-51)53(39-28-25-35(26-29-39)42-22-11-16-34-13-7-8-20-41(34)42)40-30-31-44-43-21-9-10-23-46(43)54(48(44)33-40)38-18-5-2-6-19-38/h1-33H. The average molecular weight is 704 g/mol. The van der Waals surface area contributed by atoms with E-state index in [1.807, 2.05) is 30.3 Å². The van der Waals surface area contributed by atoms with Gasteiger partial charge in [0.2, 0.25) is 5.89 Å². The number of para-hydroxylation sites is 2. The molecule has 11 aromatic rings. The summed E-state index contributed by atoms with van der Waals surface area (Å²) in [6.07, 6.45) is 0. The summed E-state index contributed by atoms with van der Waals surface area (Å²) in [6.45, 7) is 0. The van der Waals surface area contributed by atoms with Crippen LogP contribution >= 0.6 is 0 Å². The highest BCUT2D eigenvalue weighted by Crippen LogP contribution is 2.45.